The average molecular weight is 323 g/mol. The van der Waals surface area contributed by atoms with Gasteiger partial charge in [0.15, 0.2) is 23.0 Å². The summed E-state index contributed by atoms with van der Waals surface area (Å²) in [6.45, 7) is 0.110. The van der Waals surface area contributed by atoms with Crippen molar-refractivity contribution in [1.82, 2.24) is 0 Å². The fourth-order valence-corrected chi connectivity index (χ4v) is 2.31. The number of carbonyl (C=O) groups is 1. The number of nitriles is 1. The predicted octanol–water partition coefficient (Wildman–Crippen LogP) is 2.92. The molecule has 0 saturated heterocycles. The van der Waals surface area contributed by atoms with Crippen LogP contribution in [0.4, 0.5) is 0 Å². The molecule has 3 rings (SSSR count). The zero-order chi connectivity index (χ0) is 17.1. The van der Waals surface area contributed by atoms with Gasteiger partial charge in [-0.25, -0.2) is 0 Å². The van der Waals surface area contributed by atoms with Gasteiger partial charge in [0.2, 0.25) is 12.6 Å². The highest BCUT2D eigenvalue weighted by atomic mass is 16.7. The molecule has 1 aliphatic heterocycles. The number of carbonyl (C=O) groups excluding carboxylic acids is 1. The number of Topliss-reactive ketones (excluding diaryl/α,β-unsaturated/α-hetero) is 1. The molecule has 2 aromatic rings. The molecule has 0 amide bonds. The normalized spacial score (nSPS) is 12.6. The SMILES string of the molecule is COc1ccc(/C=C(/C#N)C(=O)c2ccc3c(c2)OCO3)cc1O. The molecule has 0 saturated carbocycles. The minimum Gasteiger partial charge on any atom is -0.504 e. The van der Waals surface area contributed by atoms with E-state index in [9.17, 15) is 15.2 Å². The second-order valence-electron chi connectivity index (χ2n) is 5.00. The number of phenolic OH excluding ortho intramolecular Hbond substituents is 1. The maximum absolute atomic E-state index is 12.5. The molecule has 24 heavy (non-hydrogen) atoms. The summed E-state index contributed by atoms with van der Waals surface area (Å²) >= 11 is 0. The van der Waals surface area contributed by atoms with Crippen LogP contribution < -0.4 is 14.2 Å². The summed E-state index contributed by atoms with van der Waals surface area (Å²) < 4.78 is 15.4. The van der Waals surface area contributed by atoms with Crippen molar-refractivity contribution in [2.75, 3.05) is 13.9 Å². The summed E-state index contributed by atoms with van der Waals surface area (Å²) in [5.41, 5.74) is 0.780. The van der Waals surface area contributed by atoms with Gasteiger partial charge in [0.1, 0.15) is 11.6 Å². The number of hydrogen-bond acceptors (Lipinski definition) is 6. The van der Waals surface area contributed by atoms with Crippen molar-refractivity contribution < 1.29 is 24.1 Å². The average Bonchev–Trinajstić information content (AvgIpc) is 3.07. The van der Waals surface area contributed by atoms with E-state index in [1.165, 1.54) is 19.3 Å². The molecule has 0 aromatic heterocycles. The summed E-state index contributed by atoms with van der Waals surface area (Å²) in [5, 5.41) is 19.1. The second kappa shape index (κ2) is 6.34. The van der Waals surface area contributed by atoms with E-state index in [-0.39, 0.29) is 18.1 Å². The molecule has 1 aliphatic rings. The Kier molecular flexibility index (Phi) is 4.08. The number of ether oxygens (including phenoxy) is 3. The van der Waals surface area contributed by atoms with Crippen LogP contribution in [0.1, 0.15) is 15.9 Å². The number of methoxy groups -OCH3 is 1. The highest BCUT2D eigenvalue weighted by Gasteiger charge is 2.18. The number of fused-ring (bicyclic) bond motifs is 1. The molecule has 0 unspecified atom stereocenters. The Morgan fingerprint density at radius 3 is 2.75 bits per heavy atom. The van der Waals surface area contributed by atoms with E-state index in [1.54, 1.807) is 30.3 Å². The summed E-state index contributed by atoms with van der Waals surface area (Å²) in [6.07, 6.45) is 1.41. The number of ketones is 1. The number of phenols is 1. The number of rotatable bonds is 4. The number of hydrogen-bond donors (Lipinski definition) is 1. The van der Waals surface area contributed by atoms with Crippen LogP contribution in [0.2, 0.25) is 0 Å². The molecular formula is C18H13NO5. The fourth-order valence-electron chi connectivity index (χ4n) is 2.31. The van der Waals surface area contributed by atoms with Gasteiger partial charge in [0, 0.05) is 5.56 Å². The molecule has 2 aromatic carbocycles. The summed E-state index contributed by atoms with van der Waals surface area (Å²) in [6, 6.07) is 11.3. The van der Waals surface area contributed by atoms with Crippen LogP contribution in [-0.4, -0.2) is 24.8 Å². The molecule has 0 spiro atoms. The van der Waals surface area contributed by atoms with Gasteiger partial charge in [-0.05, 0) is 42.0 Å². The highest BCUT2D eigenvalue weighted by molar-refractivity contribution is 6.14. The van der Waals surface area contributed by atoms with Gasteiger partial charge in [-0.15, -0.1) is 0 Å². The zero-order valence-electron chi connectivity index (χ0n) is 12.8. The van der Waals surface area contributed by atoms with E-state index in [0.29, 0.717) is 28.4 Å². The van der Waals surface area contributed by atoms with Crippen molar-refractivity contribution in [1.29, 1.82) is 5.26 Å². The van der Waals surface area contributed by atoms with Crippen molar-refractivity contribution in [2.24, 2.45) is 0 Å². The maximum Gasteiger partial charge on any atom is 0.231 e. The number of aromatic hydroxyl groups is 1. The van der Waals surface area contributed by atoms with Crippen molar-refractivity contribution in [3.8, 4) is 29.1 Å². The highest BCUT2D eigenvalue weighted by Crippen LogP contribution is 2.33. The third-order valence-corrected chi connectivity index (χ3v) is 3.51. The summed E-state index contributed by atoms with van der Waals surface area (Å²) in [7, 11) is 1.44. The van der Waals surface area contributed by atoms with Gasteiger partial charge < -0.3 is 19.3 Å². The monoisotopic (exact) mass is 323 g/mol. The molecule has 1 heterocycles. The van der Waals surface area contributed by atoms with Crippen molar-refractivity contribution in [3.05, 3.63) is 53.1 Å². The van der Waals surface area contributed by atoms with E-state index in [4.69, 9.17) is 14.2 Å². The topological polar surface area (TPSA) is 88.8 Å². The molecule has 0 radical (unpaired) electrons. The Hall–Kier alpha value is -3.46. The van der Waals surface area contributed by atoms with E-state index in [1.807, 2.05) is 6.07 Å². The van der Waals surface area contributed by atoms with Gasteiger partial charge in [0.05, 0.1) is 7.11 Å². The lowest BCUT2D eigenvalue weighted by Gasteiger charge is -2.05. The predicted molar refractivity (Wildman–Crippen MR) is 85.1 cm³/mol. The third kappa shape index (κ3) is 2.88. The first kappa shape index (κ1) is 15.4. The van der Waals surface area contributed by atoms with Crippen LogP contribution in [0.3, 0.4) is 0 Å². The lowest BCUT2D eigenvalue weighted by atomic mass is 10.0. The van der Waals surface area contributed by atoms with Crippen molar-refractivity contribution >= 4 is 11.9 Å². The van der Waals surface area contributed by atoms with E-state index in [2.05, 4.69) is 0 Å². The zero-order valence-corrected chi connectivity index (χ0v) is 12.8. The van der Waals surface area contributed by atoms with Gasteiger partial charge in [-0.2, -0.15) is 5.26 Å². The first-order valence-corrected chi connectivity index (χ1v) is 7.05. The second-order valence-corrected chi connectivity index (χ2v) is 5.00. The molecule has 6 nitrogen and oxygen atoms in total. The van der Waals surface area contributed by atoms with E-state index in [0.717, 1.165) is 0 Å². The number of nitrogens with zero attached hydrogens (tertiary/aromatic N) is 1. The number of allylic oxidation sites excluding steroid dienone is 1. The first-order chi connectivity index (χ1) is 11.6. The lowest BCUT2D eigenvalue weighted by Crippen LogP contribution is -2.02. The molecule has 1 N–H and O–H groups in total. The Labute approximate surface area is 138 Å². The Morgan fingerprint density at radius 1 is 1.25 bits per heavy atom. The van der Waals surface area contributed by atoms with Crippen LogP contribution >= 0.6 is 0 Å². The molecule has 0 aliphatic carbocycles. The largest absolute Gasteiger partial charge is 0.504 e. The van der Waals surface area contributed by atoms with Crippen LogP contribution in [-0.2, 0) is 0 Å². The van der Waals surface area contributed by atoms with Crippen LogP contribution in [0.5, 0.6) is 23.0 Å². The lowest BCUT2D eigenvalue weighted by molar-refractivity contribution is 0.103. The van der Waals surface area contributed by atoms with Crippen molar-refractivity contribution in [3.63, 3.8) is 0 Å². The number of benzene rings is 2. The van der Waals surface area contributed by atoms with Gasteiger partial charge in [-0.3, -0.25) is 4.79 Å². The molecule has 0 bridgehead atoms. The minimum atomic E-state index is -0.439. The first-order valence-electron chi connectivity index (χ1n) is 7.05. The summed E-state index contributed by atoms with van der Waals surface area (Å²) in [5.74, 6) is 0.840. The van der Waals surface area contributed by atoms with Gasteiger partial charge in [-0.1, -0.05) is 6.07 Å². The van der Waals surface area contributed by atoms with Crippen LogP contribution in [0, 0.1) is 11.3 Å². The minimum absolute atomic E-state index is 0.0570. The maximum atomic E-state index is 12.5. The summed E-state index contributed by atoms with van der Waals surface area (Å²) in [4.78, 5) is 12.5. The van der Waals surface area contributed by atoms with Crippen LogP contribution in [0.25, 0.3) is 6.08 Å². The molecule has 0 atom stereocenters. The third-order valence-electron chi connectivity index (χ3n) is 3.51. The fraction of sp³-hybridized carbons (Fsp3) is 0.111. The Morgan fingerprint density at radius 2 is 2.04 bits per heavy atom. The Balaban J connectivity index is 1.92. The standard InChI is InChI=1S/C18H13NO5/c1-22-15-4-2-11(7-14(15)20)6-13(9-19)18(21)12-3-5-16-17(8-12)24-10-23-16/h2-8,20H,10H2,1H3/b13-6-. The quantitative estimate of drug-likeness (QED) is 0.529. The molecule has 120 valence electrons. The molecule has 6 heteroatoms. The Bertz CT molecular complexity index is 879. The van der Waals surface area contributed by atoms with Gasteiger partial charge in [0.25, 0.3) is 0 Å². The van der Waals surface area contributed by atoms with E-state index >= 15 is 0 Å². The molecule has 0 fully saturated rings. The van der Waals surface area contributed by atoms with Crippen molar-refractivity contribution in [2.45, 2.75) is 0 Å². The smallest absolute Gasteiger partial charge is 0.231 e. The van der Waals surface area contributed by atoms with Crippen LogP contribution in [0.15, 0.2) is 42.0 Å². The van der Waals surface area contributed by atoms with Gasteiger partial charge >= 0.3 is 0 Å². The van der Waals surface area contributed by atoms with E-state index < -0.39 is 5.78 Å². The molecular weight excluding hydrogens is 310 g/mol.